The Morgan fingerprint density at radius 1 is 1.53 bits per heavy atom. The van der Waals surface area contributed by atoms with Crippen molar-refractivity contribution in [3.8, 4) is 0 Å². The third kappa shape index (κ3) is 2.53. The first-order valence-corrected chi connectivity index (χ1v) is 7.91. The molecule has 1 aliphatic rings. The van der Waals surface area contributed by atoms with Gasteiger partial charge in [-0.25, -0.2) is 8.42 Å². The maximum Gasteiger partial charge on any atom is 0.244 e. The molecule has 1 atom stereocenters. The summed E-state index contributed by atoms with van der Waals surface area (Å²) in [6.45, 7) is 2.64. The van der Waals surface area contributed by atoms with Crippen LogP contribution < -0.4 is 0 Å². The van der Waals surface area contributed by atoms with Gasteiger partial charge in [-0.1, -0.05) is 6.92 Å². The first-order valence-electron chi connectivity index (χ1n) is 5.68. The molecule has 0 spiro atoms. The zero-order chi connectivity index (χ0) is 12.5. The molecule has 4 nitrogen and oxygen atoms in total. The van der Waals surface area contributed by atoms with E-state index in [0.29, 0.717) is 11.0 Å². The number of hydrogen-bond donors (Lipinski definition) is 0. The van der Waals surface area contributed by atoms with E-state index in [-0.39, 0.29) is 10.9 Å². The van der Waals surface area contributed by atoms with Gasteiger partial charge in [0, 0.05) is 29.5 Å². The van der Waals surface area contributed by atoms with Crippen molar-refractivity contribution in [2.75, 3.05) is 6.54 Å². The van der Waals surface area contributed by atoms with Crippen molar-refractivity contribution in [1.29, 1.82) is 0 Å². The molecule has 0 radical (unpaired) electrons. The van der Waals surface area contributed by atoms with Crippen LogP contribution in [0.4, 0.5) is 0 Å². The number of aromatic nitrogens is 1. The van der Waals surface area contributed by atoms with Crippen LogP contribution in [-0.2, 0) is 10.0 Å². The molecule has 0 aliphatic carbocycles. The first-order chi connectivity index (χ1) is 8.05. The lowest BCUT2D eigenvalue weighted by atomic mass is 10.2. The summed E-state index contributed by atoms with van der Waals surface area (Å²) in [7, 11) is -3.38. The highest BCUT2D eigenvalue weighted by molar-refractivity contribution is 9.10. The maximum atomic E-state index is 12.4. The summed E-state index contributed by atoms with van der Waals surface area (Å²) < 4.78 is 27.1. The van der Waals surface area contributed by atoms with Crippen molar-refractivity contribution < 1.29 is 8.42 Å². The fourth-order valence-corrected chi connectivity index (χ4v) is 4.48. The molecule has 94 valence electrons. The fraction of sp³-hybridized carbons (Fsp3) is 0.545. The molecule has 2 rings (SSSR count). The molecule has 1 aromatic rings. The third-order valence-corrected chi connectivity index (χ3v) is 5.43. The van der Waals surface area contributed by atoms with E-state index in [9.17, 15) is 8.42 Å². The van der Waals surface area contributed by atoms with E-state index in [2.05, 4.69) is 20.9 Å². The van der Waals surface area contributed by atoms with Gasteiger partial charge in [-0.2, -0.15) is 4.31 Å². The molecule has 0 N–H and O–H groups in total. The summed E-state index contributed by atoms with van der Waals surface area (Å²) in [4.78, 5) is 4.19. The Balaban J connectivity index is 2.36. The zero-order valence-electron chi connectivity index (χ0n) is 9.63. The minimum Gasteiger partial charge on any atom is -0.262 e. The second kappa shape index (κ2) is 5.04. The lowest BCUT2D eigenvalue weighted by Gasteiger charge is -2.22. The molecule has 0 saturated carbocycles. The van der Waals surface area contributed by atoms with Gasteiger partial charge < -0.3 is 0 Å². The highest BCUT2D eigenvalue weighted by atomic mass is 79.9. The van der Waals surface area contributed by atoms with E-state index in [4.69, 9.17) is 0 Å². The summed E-state index contributed by atoms with van der Waals surface area (Å²) in [6, 6.07) is 1.74. The number of hydrogen-bond acceptors (Lipinski definition) is 3. The van der Waals surface area contributed by atoms with Gasteiger partial charge in [0.05, 0.1) is 0 Å². The number of pyridine rings is 1. The van der Waals surface area contributed by atoms with Crippen LogP contribution in [0.25, 0.3) is 0 Å². The molecule has 2 heterocycles. The van der Waals surface area contributed by atoms with Gasteiger partial charge in [-0.05, 0) is 41.3 Å². The van der Waals surface area contributed by atoms with E-state index < -0.39 is 10.0 Å². The minimum absolute atomic E-state index is 0.138. The summed E-state index contributed by atoms with van der Waals surface area (Å²) in [5.74, 6) is 0. The van der Waals surface area contributed by atoms with E-state index >= 15 is 0 Å². The Labute approximate surface area is 110 Å². The maximum absolute atomic E-state index is 12.4. The minimum atomic E-state index is -3.38. The quantitative estimate of drug-likeness (QED) is 0.860. The van der Waals surface area contributed by atoms with Crippen LogP contribution in [0.2, 0.25) is 0 Å². The van der Waals surface area contributed by atoms with Gasteiger partial charge in [0.15, 0.2) is 0 Å². The van der Waals surface area contributed by atoms with E-state index in [1.54, 1.807) is 16.6 Å². The average molecular weight is 319 g/mol. The predicted octanol–water partition coefficient (Wildman–Crippen LogP) is 2.41. The highest BCUT2D eigenvalue weighted by Crippen LogP contribution is 2.28. The van der Waals surface area contributed by atoms with Gasteiger partial charge in [0.25, 0.3) is 0 Å². The molecule has 1 saturated heterocycles. The molecule has 0 bridgehead atoms. The zero-order valence-corrected chi connectivity index (χ0v) is 12.0. The summed E-state index contributed by atoms with van der Waals surface area (Å²) in [6.07, 6.45) is 5.75. The van der Waals surface area contributed by atoms with E-state index in [1.165, 1.54) is 6.20 Å². The van der Waals surface area contributed by atoms with Gasteiger partial charge in [-0.3, -0.25) is 4.98 Å². The predicted molar refractivity (Wildman–Crippen MR) is 69.1 cm³/mol. The second-order valence-electron chi connectivity index (χ2n) is 4.16. The SMILES string of the molecule is CC[C@@H]1CCCN1S(=O)(=O)c1cncc(Br)c1. The molecule has 1 aromatic heterocycles. The van der Waals surface area contributed by atoms with Crippen LogP contribution in [-0.4, -0.2) is 30.3 Å². The normalized spacial score (nSPS) is 21.9. The summed E-state index contributed by atoms with van der Waals surface area (Å²) >= 11 is 3.25. The Hall–Kier alpha value is -0.460. The van der Waals surface area contributed by atoms with Crippen LogP contribution in [0.3, 0.4) is 0 Å². The van der Waals surface area contributed by atoms with E-state index in [1.807, 2.05) is 6.92 Å². The average Bonchev–Trinajstić information content (AvgIpc) is 2.77. The number of halogens is 1. The van der Waals surface area contributed by atoms with Crippen LogP contribution in [0.5, 0.6) is 0 Å². The van der Waals surface area contributed by atoms with Gasteiger partial charge in [-0.15, -0.1) is 0 Å². The molecule has 1 fully saturated rings. The number of rotatable bonds is 3. The van der Waals surface area contributed by atoms with E-state index in [0.717, 1.165) is 19.3 Å². The number of sulfonamides is 1. The Morgan fingerprint density at radius 2 is 2.29 bits per heavy atom. The largest absolute Gasteiger partial charge is 0.262 e. The molecule has 6 heteroatoms. The summed E-state index contributed by atoms with van der Waals surface area (Å²) in [5, 5.41) is 0. The lowest BCUT2D eigenvalue weighted by molar-refractivity contribution is 0.379. The molecule has 0 aromatic carbocycles. The first kappa shape index (κ1) is 13.0. The second-order valence-corrected chi connectivity index (χ2v) is 6.97. The third-order valence-electron chi connectivity index (χ3n) is 3.08. The van der Waals surface area contributed by atoms with Crippen molar-refractivity contribution >= 4 is 26.0 Å². The fourth-order valence-electron chi connectivity index (χ4n) is 2.20. The smallest absolute Gasteiger partial charge is 0.244 e. The van der Waals surface area contributed by atoms with Crippen molar-refractivity contribution in [3.63, 3.8) is 0 Å². The topological polar surface area (TPSA) is 50.3 Å². The Kier molecular flexibility index (Phi) is 3.85. The monoisotopic (exact) mass is 318 g/mol. The molecule has 0 unspecified atom stereocenters. The standard InChI is InChI=1S/C11H15BrN2O2S/c1-2-10-4-3-5-14(10)17(15,16)11-6-9(12)7-13-8-11/h6-8,10H,2-5H2,1H3/t10-/m1/s1. The van der Waals surface area contributed by atoms with Crippen LogP contribution >= 0.6 is 15.9 Å². The lowest BCUT2D eigenvalue weighted by Crippen LogP contribution is -2.35. The number of nitrogens with zero attached hydrogens (tertiary/aromatic N) is 2. The molecule has 17 heavy (non-hydrogen) atoms. The van der Waals surface area contributed by atoms with Crippen LogP contribution in [0.1, 0.15) is 26.2 Å². The van der Waals surface area contributed by atoms with Crippen molar-refractivity contribution in [1.82, 2.24) is 9.29 Å². The van der Waals surface area contributed by atoms with Crippen LogP contribution in [0.15, 0.2) is 27.8 Å². The Morgan fingerprint density at radius 3 is 2.94 bits per heavy atom. The van der Waals surface area contributed by atoms with Gasteiger partial charge in [0.1, 0.15) is 4.90 Å². The molecular formula is C11H15BrN2O2S. The van der Waals surface area contributed by atoms with Crippen LogP contribution in [0, 0.1) is 0 Å². The van der Waals surface area contributed by atoms with Gasteiger partial charge in [0.2, 0.25) is 10.0 Å². The highest BCUT2D eigenvalue weighted by Gasteiger charge is 2.34. The Bertz CT molecular complexity index is 504. The molecule has 1 aliphatic heterocycles. The van der Waals surface area contributed by atoms with Crippen molar-refractivity contribution in [2.24, 2.45) is 0 Å². The molecule has 0 amide bonds. The van der Waals surface area contributed by atoms with Gasteiger partial charge >= 0.3 is 0 Å². The summed E-state index contributed by atoms with van der Waals surface area (Å²) in [5.41, 5.74) is 0. The van der Waals surface area contributed by atoms with Crippen molar-refractivity contribution in [3.05, 3.63) is 22.9 Å². The van der Waals surface area contributed by atoms with Crippen molar-refractivity contribution in [2.45, 2.75) is 37.1 Å². The molecular weight excluding hydrogens is 304 g/mol.